The second-order valence-electron chi connectivity index (χ2n) is 5.59. The highest BCUT2D eigenvalue weighted by atomic mass is 16.5. The molecule has 0 saturated carbocycles. The first-order valence-corrected chi connectivity index (χ1v) is 8.10. The van der Waals surface area contributed by atoms with E-state index in [1.54, 1.807) is 14.2 Å². The lowest BCUT2D eigenvalue weighted by atomic mass is 10.0. The largest absolute Gasteiger partial charge is 0.497 e. The molecule has 0 saturated heterocycles. The van der Waals surface area contributed by atoms with Crippen LogP contribution >= 0.6 is 0 Å². The maximum Gasteiger partial charge on any atom is 0.122 e. The number of aliphatic hydroxyl groups is 1. The summed E-state index contributed by atoms with van der Waals surface area (Å²) in [5, 5.41) is 10.2. The Morgan fingerprint density at radius 1 is 1.00 bits per heavy atom. The van der Waals surface area contributed by atoms with Gasteiger partial charge in [-0.15, -0.1) is 0 Å². The Morgan fingerprint density at radius 2 is 1.71 bits per heavy atom. The molecule has 0 fully saturated rings. The SMILES string of the molecule is CCCCCCCCC(O)Cc1cc(OC)ccc1OC. The van der Waals surface area contributed by atoms with Gasteiger partial charge in [0.25, 0.3) is 0 Å². The highest BCUT2D eigenvalue weighted by molar-refractivity contribution is 5.40. The maximum atomic E-state index is 10.2. The number of hydrogen-bond acceptors (Lipinski definition) is 3. The molecule has 0 aliphatic heterocycles. The van der Waals surface area contributed by atoms with Gasteiger partial charge in [0.05, 0.1) is 20.3 Å². The minimum absolute atomic E-state index is 0.308. The smallest absolute Gasteiger partial charge is 0.122 e. The number of rotatable bonds is 11. The van der Waals surface area contributed by atoms with Crippen molar-refractivity contribution in [3.05, 3.63) is 23.8 Å². The summed E-state index contributed by atoms with van der Waals surface area (Å²) in [5.74, 6) is 1.62. The number of methoxy groups -OCH3 is 2. The molecule has 1 aromatic rings. The standard InChI is InChI=1S/C18H30O3/c1-4-5-6-7-8-9-10-16(19)13-15-14-17(20-2)11-12-18(15)21-3/h11-12,14,16,19H,4-10,13H2,1-3H3. The number of aliphatic hydroxyl groups excluding tert-OH is 1. The van der Waals surface area contributed by atoms with Gasteiger partial charge in [0, 0.05) is 12.0 Å². The molecule has 0 amide bonds. The summed E-state index contributed by atoms with van der Waals surface area (Å²) in [6.07, 6.45) is 8.67. The first-order valence-electron chi connectivity index (χ1n) is 8.10. The van der Waals surface area contributed by atoms with Crippen LogP contribution in [-0.4, -0.2) is 25.4 Å². The Bertz CT molecular complexity index is 390. The summed E-state index contributed by atoms with van der Waals surface area (Å²) >= 11 is 0. The Hall–Kier alpha value is -1.22. The van der Waals surface area contributed by atoms with E-state index in [9.17, 15) is 5.11 Å². The molecule has 1 aromatic carbocycles. The molecule has 0 aromatic heterocycles. The summed E-state index contributed by atoms with van der Waals surface area (Å²) in [6, 6.07) is 5.72. The molecule has 0 spiro atoms. The molecule has 1 rings (SSSR count). The van der Waals surface area contributed by atoms with E-state index in [2.05, 4.69) is 6.92 Å². The van der Waals surface area contributed by atoms with Gasteiger partial charge in [-0.3, -0.25) is 0 Å². The molecular weight excluding hydrogens is 264 g/mol. The van der Waals surface area contributed by atoms with Crippen molar-refractivity contribution in [3.8, 4) is 11.5 Å². The number of ether oxygens (including phenoxy) is 2. The van der Waals surface area contributed by atoms with Crippen LogP contribution in [0.1, 0.15) is 57.4 Å². The average Bonchev–Trinajstić information content (AvgIpc) is 2.50. The highest BCUT2D eigenvalue weighted by Crippen LogP contribution is 2.26. The molecule has 1 atom stereocenters. The molecule has 21 heavy (non-hydrogen) atoms. The van der Waals surface area contributed by atoms with Crippen LogP contribution < -0.4 is 9.47 Å². The summed E-state index contributed by atoms with van der Waals surface area (Å²) in [5.41, 5.74) is 1.01. The van der Waals surface area contributed by atoms with Crippen LogP contribution in [0.4, 0.5) is 0 Å². The Kier molecular flexibility index (Phi) is 8.91. The van der Waals surface area contributed by atoms with Crippen molar-refractivity contribution < 1.29 is 14.6 Å². The highest BCUT2D eigenvalue weighted by Gasteiger charge is 2.11. The quantitative estimate of drug-likeness (QED) is 0.616. The predicted octanol–water partition coefficient (Wildman–Crippen LogP) is 4.36. The molecule has 1 unspecified atom stereocenters. The molecule has 0 bridgehead atoms. The van der Waals surface area contributed by atoms with Gasteiger partial charge in [-0.05, 0) is 24.6 Å². The number of hydrogen-bond donors (Lipinski definition) is 1. The lowest BCUT2D eigenvalue weighted by molar-refractivity contribution is 0.159. The minimum atomic E-state index is -0.308. The predicted molar refractivity (Wildman–Crippen MR) is 87.2 cm³/mol. The van der Waals surface area contributed by atoms with Crippen LogP contribution in [0.15, 0.2) is 18.2 Å². The summed E-state index contributed by atoms with van der Waals surface area (Å²) < 4.78 is 10.6. The Labute approximate surface area is 129 Å². The van der Waals surface area contributed by atoms with E-state index >= 15 is 0 Å². The Balaban J connectivity index is 2.37. The van der Waals surface area contributed by atoms with Crippen molar-refractivity contribution in [2.24, 2.45) is 0 Å². The van der Waals surface area contributed by atoms with E-state index in [1.165, 1.54) is 32.1 Å². The fraction of sp³-hybridized carbons (Fsp3) is 0.667. The molecule has 0 aliphatic carbocycles. The third-order valence-electron chi connectivity index (χ3n) is 3.83. The van der Waals surface area contributed by atoms with Gasteiger partial charge in [-0.1, -0.05) is 45.4 Å². The fourth-order valence-electron chi connectivity index (χ4n) is 2.56. The third kappa shape index (κ3) is 6.85. The summed E-state index contributed by atoms with van der Waals surface area (Å²) in [6.45, 7) is 2.23. The van der Waals surface area contributed by atoms with Crippen LogP contribution in [0.5, 0.6) is 11.5 Å². The molecule has 0 aliphatic rings. The third-order valence-corrected chi connectivity index (χ3v) is 3.83. The monoisotopic (exact) mass is 294 g/mol. The van der Waals surface area contributed by atoms with Crippen LogP contribution in [0, 0.1) is 0 Å². The van der Waals surface area contributed by atoms with Gasteiger partial charge < -0.3 is 14.6 Å². The van der Waals surface area contributed by atoms with Crippen molar-refractivity contribution >= 4 is 0 Å². The summed E-state index contributed by atoms with van der Waals surface area (Å²) in [4.78, 5) is 0. The molecule has 0 radical (unpaired) electrons. The van der Waals surface area contributed by atoms with Gasteiger partial charge in [-0.25, -0.2) is 0 Å². The van der Waals surface area contributed by atoms with Gasteiger partial charge in [-0.2, -0.15) is 0 Å². The molecule has 0 heterocycles. The Morgan fingerprint density at radius 3 is 2.38 bits per heavy atom. The second kappa shape index (κ2) is 10.5. The lowest BCUT2D eigenvalue weighted by Crippen LogP contribution is -2.11. The number of benzene rings is 1. The van der Waals surface area contributed by atoms with E-state index < -0.39 is 0 Å². The van der Waals surface area contributed by atoms with Gasteiger partial charge >= 0.3 is 0 Å². The molecule has 1 N–H and O–H groups in total. The maximum absolute atomic E-state index is 10.2. The van der Waals surface area contributed by atoms with E-state index in [4.69, 9.17) is 9.47 Å². The number of unbranched alkanes of at least 4 members (excludes halogenated alkanes) is 5. The fourth-order valence-corrected chi connectivity index (χ4v) is 2.56. The van der Waals surface area contributed by atoms with Crippen molar-refractivity contribution in [3.63, 3.8) is 0 Å². The van der Waals surface area contributed by atoms with Crippen molar-refractivity contribution in [2.45, 2.75) is 64.4 Å². The molecule has 3 nitrogen and oxygen atoms in total. The minimum Gasteiger partial charge on any atom is -0.497 e. The van der Waals surface area contributed by atoms with Gasteiger partial charge in [0.1, 0.15) is 11.5 Å². The molecular formula is C18H30O3. The van der Waals surface area contributed by atoms with Crippen LogP contribution in [0.3, 0.4) is 0 Å². The van der Waals surface area contributed by atoms with E-state index in [-0.39, 0.29) is 6.10 Å². The summed E-state index contributed by atoms with van der Waals surface area (Å²) in [7, 11) is 3.31. The topological polar surface area (TPSA) is 38.7 Å². The van der Waals surface area contributed by atoms with Gasteiger partial charge in [0.15, 0.2) is 0 Å². The normalized spacial score (nSPS) is 12.2. The zero-order valence-electron chi connectivity index (χ0n) is 13.7. The van der Waals surface area contributed by atoms with E-state index in [0.29, 0.717) is 6.42 Å². The zero-order chi connectivity index (χ0) is 15.5. The van der Waals surface area contributed by atoms with Crippen molar-refractivity contribution in [1.29, 1.82) is 0 Å². The first kappa shape index (κ1) is 17.8. The van der Waals surface area contributed by atoms with Crippen molar-refractivity contribution in [1.82, 2.24) is 0 Å². The van der Waals surface area contributed by atoms with Crippen LogP contribution in [0.25, 0.3) is 0 Å². The van der Waals surface area contributed by atoms with E-state index in [0.717, 1.165) is 29.9 Å². The van der Waals surface area contributed by atoms with Crippen LogP contribution in [0.2, 0.25) is 0 Å². The molecule has 120 valence electrons. The average molecular weight is 294 g/mol. The second-order valence-corrected chi connectivity index (χ2v) is 5.59. The first-order chi connectivity index (χ1) is 10.2. The van der Waals surface area contributed by atoms with Crippen LogP contribution in [-0.2, 0) is 6.42 Å². The van der Waals surface area contributed by atoms with E-state index in [1.807, 2.05) is 18.2 Å². The molecule has 3 heteroatoms. The zero-order valence-corrected chi connectivity index (χ0v) is 13.7. The van der Waals surface area contributed by atoms with Gasteiger partial charge in [0.2, 0.25) is 0 Å². The van der Waals surface area contributed by atoms with Crippen molar-refractivity contribution in [2.75, 3.05) is 14.2 Å². The lowest BCUT2D eigenvalue weighted by Gasteiger charge is -2.14.